The summed E-state index contributed by atoms with van der Waals surface area (Å²) in [7, 11) is 0. The number of hydrogen-bond acceptors (Lipinski definition) is 5. The molecular weight excluding hydrogens is 320 g/mol. The predicted octanol–water partition coefficient (Wildman–Crippen LogP) is 2.27. The van der Waals surface area contributed by atoms with Crippen molar-refractivity contribution in [3.05, 3.63) is 22.7 Å². The molecule has 1 saturated carbocycles. The highest BCUT2D eigenvalue weighted by Gasteiger charge is 2.28. The summed E-state index contributed by atoms with van der Waals surface area (Å²) in [5.74, 6) is 2.20. The van der Waals surface area contributed by atoms with Crippen LogP contribution in [0.4, 0.5) is 5.95 Å². The number of H-pyrrole nitrogens is 1. The van der Waals surface area contributed by atoms with E-state index < -0.39 is 0 Å². The number of nitrogens with two attached hydrogens (primary N) is 1. The van der Waals surface area contributed by atoms with Crippen molar-refractivity contribution in [2.24, 2.45) is 5.73 Å². The van der Waals surface area contributed by atoms with Crippen LogP contribution in [0.2, 0.25) is 0 Å². The van der Waals surface area contributed by atoms with Crippen molar-refractivity contribution in [3.8, 4) is 11.4 Å². The third-order valence-electron chi connectivity index (χ3n) is 3.14. The SMILES string of the molecule is CC(N)CNc1nccc(-c2[nH]c(C3CC3)nc2Br)n1. The molecule has 2 aromatic rings. The van der Waals surface area contributed by atoms with Gasteiger partial charge in [-0.05, 0) is 41.8 Å². The maximum atomic E-state index is 5.72. The van der Waals surface area contributed by atoms with Gasteiger partial charge in [0.15, 0.2) is 0 Å². The lowest BCUT2D eigenvalue weighted by Gasteiger charge is -2.08. The van der Waals surface area contributed by atoms with Crippen molar-refractivity contribution in [2.45, 2.75) is 31.7 Å². The highest BCUT2D eigenvalue weighted by Crippen LogP contribution is 2.40. The second kappa shape index (κ2) is 5.49. The molecule has 20 heavy (non-hydrogen) atoms. The first kappa shape index (κ1) is 13.5. The Morgan fingerprint density at radius 2 is 2.30 bits per heavy atom. The maximum absolute atomic E-state index is 5.72. The molecule has 1 unspecified atom stereocenters. The lowest BCUT2D eigenvalue weighted by molar-refractivity contribution is 0.773. The van der Waals surface area contributed by atoms with Gasteiger partial charge >= 0.3 is 0 Å². The minimum atomic E-state index is 0.0580. The summed E-state index contributed by atoms with van der Waals surface area (Å²) < 4.78 is 0.802. The highest BCUT2D eigenvalue weighted by molar-refractivity contribution is 9.10. The minimum Gasteiger partial charge on any atom is -0.353 e. The molecule has 6 nitrogen and oxygen atoms in total. The van der Waals surface area contributed by atoms with E-state index >= 15 is 0 Å². The first-order valence-corrected chi connectivity index (χ1v) is 7.51. The van der Waals surface area contributed by atoms with Crippen LogP contribution in [0.5, 0.6) is 0 Å². The number of aromatic nitrogens is 4. The topological polar surface area (TPSA) is 92.5 Å². The van der Waals surface area contributed by atoms with E-state index in [-0.39, 0.29) is 6.04 Å². The molecular formula is C13H17BrN6. The Kier molecular flexibility index (Phi) is 3.71. The van der Waals surface area contributed by atoms with Crippen molar-refractivity contribution in [1.29, 1.82) is 0 Å². The van der Waals surface area contributed by atoms with Gasteiger partial charge in [0.05, 0.1) is 11.4 Å². The molecule has 1 aliphatic rings. The van der Waals surface area contributed by atoms with E-state index in [1.807, 2.05) is 13.0 Å². The zero-order valence-corrected chi connectivity index (χ0v) is 12.8. The molecule has 0 aliphatic heterocycles. The van der Waals surface area contributed by atoms with E-state index in [0.29, 0.717) is 18.4 Å². The van der Waals surface area contributed by atoms with Gasteiger partial charge in [0.25, 0.3) is 0 Å². The first-order valence-electron chi connectivity index (χ1n) is 6.71. The average molecular weight is 337 g/mol. The molecule has 0 amide bonds. The third kappa shape index (κ3) is 2.99. The van der Waals surface area contributed by atoms with Gasteiger partial charge in [-0.15, -0.1) is 0 Å². The summed E-state index contributed by atoms with van der Waals surface area (Å²) in [6.45, 7) is 2.57. The van der Waals surface area contributed by atoms with E-state index in [0.717, 1.165) is 21.8 Å². The van der Waals surface area contributed by atoms with Crippen molar-refractivity contribution < 1.29 is 0 Å². The van der Waals surface area contributed by atoms with E-state index in [2.05, 4.69) is 41.2 Å². The number of anilines is 1. The lowest BCUT2D eigenvalue weighted by Crippen LogP contribution is -2.25. The Hall–Kier alpha value is -1.47. The molecule has 2 aromatic heterocycles. The fraction of sp³-hybridized carbons (Fsp3) is 0.462. The summed E-state index contributed by atoms with van der Waals surface area (Å²) in [5, 5.41) is 3.12. The maximum Gasteiger partial charge on any atom is 0.223 e. The third-order valence-corrected chi connectivity index (χ3v) is 3.71. The molecule has 1 aliphatic carbocycles. The van der Waals surface area contributed by atoms with Crippen LogP contribution >= 0.6 is 15.9 Å². The van der Waals surface area contributed by atoms with E-state index in [1.54, 1.807) is 6.20 Å². The van der Waals surface area contributed by atoms with E-state index in [1.165, 1.54) is 12.8 Å². The zero-order valence-electron chi connectivity index (χ0n) is 11.2. The molecule has 1 fully saturated rings. The quantitative estimate of drug-likeness (QED) is 0.778. The standard InChI is InChI=1S/C13H17BrN6/c1-7(15)6-17-13-16-5-4-9(18-13)10-11(14)20-12(19-10)8-2-3-8/h4-5,7-8H,2-3,6,15H2,1H3,(H,19,20)(H,16,17,18). The molecule has 0 bridgehead atoms. The average Bonchev–Trinajstić information content (AvgIpc) is 3.20. The molecule has 0 spiro atoms. The van der Waals surface area contributed by atoms with Gasteiger partial charge in [0.1, 0.15) is 10.4 Å². The summed E-state index contributed by atoms with van der Waals surface area (Å²) in [5.41, 5.74) is 7.43. The van der Waals surface area contributed by atoms with Crippen LogP contribution in [0.15, 0.2) is 16.9 Å². The van der Waals surface area contributed by atoms with Gasteiger partial charge in [0, 0.05) is 24.7 Å². The number of nitrogens with one attached hydrogen (secondary N) is 2. The Balaban J connectivity index is 1.84. The molecule has 0 saturated heterocycles. The normalized spacial score (nSPS) is 16.1. The number of halogens is 1. The van der Waals surface area contributed by atoms with Gasteiger partial charge in [-0.25, -0.2) is 15.0 Å². The molecule has 0 radical (unpaired) electrons. The Morgan fingerprint density at radius 3 is 3.00 bits per heavy atom. The Morgan fingerprint density at radius 1 is 1.50 bits per heavy atom. The second-order valence-corrected chi connectivity index (χ2v) is 5.94. The van der Waals surface area contributed by atoms with Gasteiger partial charge in [-0.1, -0.05) is 0 Å². The smallest absolute Gasteiger partial charge is 0.223 e. The molecule has 1 atom stereocenters. The lowest BCUT2D eigenvalue weighted by atomic mass is 10.3. The number of imidazole rings is 1. The van der Waals surface area contributed by atoms with Crippen molar-refractivity contribution in [1.82, 2.24) is 19.9 Å². The second-order valence-electron chi connectivity index (χ2n) is 5.19. The summed E-state index contributed by atoms with van der Waals surface area (Å²) in [6.07, 6.45) is 4.16. The number of hydrogen-bond donors (Lipinski definition) is 3. The van der Waals surface area contributed by atoms with Crippen LogP contribution in [0.3, 0.4) is 0 Å². The van der Waals surface area contributed by atoms with Crippen molar-refractivity contribution in [2.75, 3.05) is 11.9 Å². The van der Waals surface area contributed by atoms with Crippen molar-refractivity contribution >= 4 is 21.9 Å². The van der Waals surface area contributed by atoms with Crippen LogP contribution in [0.25, 0.3) is 11.4 Å². The molecule has 3 rings (SSSR count). The minimum absolute atomic E-state index is 0.0580. The largest absolute Gasteiger partial charge is 0.353 e. The van der Waals surface area contributed by atoms with Crippen LogP contribution in [0.1, 0.15) is 31.5 Å². The van der Waals surface area contributed by atoms with Crippen LogP contribution in [-0.4, -0.2) is 32.5 Å². The zero-order chi connectivity index (χ0) is 14.1. The molecule has 7 heteroatoms. The number of nitrogens with zero attached hydrogens (tertiary/aromatic N) is 3. The number of rotatable bonds is 5. The van der Waals surface area contributed by atoms with E-state index in [4.69, 9.17) is 5.73 Å². The van der Waals surface area contributed by atoms with Gasteiger partial charge in [-0.3, -0.25) is 0 Å². The molecule has 2 heterocycles. The van der Waals surface area contributed by atoms with Gasteiger partial charge < -0.3 is 16.0 Å². The summed E-state index contributed by atoms with van der Waals surface area (Å²) >= 11 is 3.49. The van der Waals surface area contributed by atoms with Gasteiger partial charge in [-0.2, -0.15) is 0 Å². The molecule has 0 aromatic carbocycles. The molecule has 4 N–H and O–H groups in total. The number of aromatic amines is 1. The Labute approximate surface area is 125 Å². The van der Waals surface area contributed by atoms with Gasteiger partial charge in [0.2, 0.25) is 5.95 Å². The molecule has 106 valence electrons. The fourth-order valence-electron chi connectivity index (χ4n) is 1.92. The highest BCUT2D eigenvalue weighted by atomic mass is 79.9. The predicted molar refractivity (Wildman–Crippen MR) is 81.4 cm³/mol. The van der Waals surface area contributed by atoms with Crippen LogP contribution < -0.4 is 11.1 Å². The van der Waals surface area contributed by atoms with Crippen molar-refractivity contribution in [3.63, 3.8) is 0 Å². The summed E-state index contributed by atoms with van der Waals surface area (Å²) in [6, 6.07) is 1.93. The first-order chi connectivity index (χ1) is 9.63. The van der Waals surface area contributed by atoms with E-state index in [9.17, 15) is 0 Å². The fourth-order valence-corrected chi connectivity index (χ4v) is 2.42. The summed E-state index contributed by atoms with van der Waals surface area (Å²) in [4.78, 5) is 16.5. The Bertz CT molecular complexity index is 605. The van der Waals surface area contributed by atoms with Crippen LogP contribution in [0, 0.1) is 0 Å². The monoisotopic (exact) mass is 336 g/mol. The van der Waals surface area contributed by atoms with Crippen LogP contribution in [-0.2, 0) is 0 Å².